The number of aliphatic hydroxyl groups excluding tert-OH is 2. The molecule has 1 saturated carbocycles. The van der Waals surface area contributed by atoms with E-state index in [0.717, 1.165) is 44.6 Å². The second kappa shape index (κ2) is 13.7. The summed E-state index contributed by atoms with van der Waals surface area (Å²) in [6.45, 7) is 3.15. The van der Waals surface area contributed by atoms with Crippen LogP contribution >= 0.6 is 0 Å². The molecule has 206 valence electrons. The number of ether oxygens (including phenoxy) is 1. The highest BCUT2D eigenvalue weighted by molar-refractivity contribution is 5.77. The number of carbonyl (C=O) groups excluding carboxylic acids is 2. The van der Waals surface area contributed by atoms with Gasteiger partial charge in [-0.2, -0.15) is 0 Å². The van der Waals surface area contributed by atoms with Gasteiger partial charge in [-0.3, -0.25) is 19.5 Å². The molecule has 3 aliphatic rings. The monoisotopic (exact) mass is 515 g/mol. The minimum Gasteiger partial charge on any atom is -0.462 e. The second-order valence-corrected chi connectivity index (χ2v) is 11.4. The van der Waals surface area contributed by atoms with Crippen LogP contribution in [-0.4, -0.2) is 81.9 Å². The Labute approximate surface area is 221 Å². The Hall–Kier alpha value is -2.03. The number of piperidine rings is 1. The quantitative estimate of drug-likeness (QED) is 0.580. The third kappa shape index (κ3) is 7.98. The lowest BCUT2D eigenvalue weighted by atomic mass is 9.74. The number of rotatable bonds is 5. The fraction of sp³-hybridized carbons (Fsp3) is 0.759. The number of aliphatic hydroxyl groups is 2. The van der Waals surface area contributed by atoms with Crippen molar-refractivity contribution >= 4 is 11.9 Å². The van der Waals surface area contributed by atoms with Crippen LogP contribution in [0.25, 0.3) is 0 Å². The summed E-state index contributed by atoms with van der Waals surface area (Å²) in [6, 6.07) is 5.92. The van der Waals surface area contributed by atoms with Crippen molar-refractivity contribution < 1.29 is 24.5 Å². The van der Waals surface area contributed by atoms with Gasteiger partial charge in [0.05, 0.1) is 17.2 Å². The summed E-state index contributed by atoms with van der Waals surface area (Å²) in [5.74, 6) is 0.548. The lowest BCUT2D eigenvalue weighted by Crippen LogP contribution is -2.46. The van der Waals surface area contributed by atoms with E-state index in [0.29, 0.717) is 44.7 Å². The molecule has 2 N–H and O–H groups in total. The van der Waals surface area contributed by atoms with Crippen LogP contribution in [-0.2, 0) is 20.9 Å². The number of aromatic nitrogens is 1. The molecule has 2 saturated heterocycles. The Morgan fingerprint density at radius 3 is 2.49 bits per heavy atom. The SMILES string of the molecule is O=C(CCC1CCCC1)N1CCCCC2(CCN(Cc3ccccn3)CC2)C(=O)OC[C@@H](O)[C@@H](O)CC1. The third-order valence-corrected chi connectivity index (χ3v) is 8.81. The maximum absolute atomic E-state index is 13.3. The molecule has 1 aliphatic carbocycles. The van der Waals surface area contributed by atoms with E-state index in [4.69, 9.17) is 4.74 Å². The van der Waals surface area contributed by atoms with E-state index in [1.54, 1.807) is 6.20 Å². The van der Waals surface area contributed by atoms with Crippen molar-refractivity contribution in [2.45, 2.75) is 95.8 Å². The van der Waals surface area contributed by atoms with Crippen molar-refractivity contribution in [1.82, 2.24) is 14.8 Å². The molecule has 1 aromatic rings. The number of pyridine rings is 1. The molecule has 0 unspecified atom stereocenters. The fourth-order valence-corrected chi connectivity index (χ4v) is 6.23. The molecule has 2 aliphatic heterocycles. The van der Waals surface area contributed by atoms with E-state index in [2.05, 4.69) is 9.88 Å². The first-order chi connectivity index (χ1) is 17.9. The van der Waals surface area contributed by atoms with Crippen LogP contribution in [0.5, 0.6) is 0 Å². The number of hydrogen-bond donors (Lipinski definition) is 2. The van der Waals surface area contributed by atoms with Crippen LogP contribution in [0.1, 0.15) is 82.7 Å². The van der Waals surface area contributed by atoms with Gasteiger partial charge in [0.2, 0.25) is 5.91 Å². The van der Waals surface area contributed by atoms with Crippen LogP contribution in [0, 0.1) is 11.3 Å². The van der Waals surface area contributed by atoms with Crippen LogP contribution in [0.3, 0.4) is 0 Å². The molecule has 1 spiro atoms. The molecular formula is C29H45N3O5. The predicted molar refractivity (Wildman–Crippen MR) is 140 cm³/mol. The molecule has 4 rings (SSSR count). The van der Waals surface area contributed by atoms with Gasteiger partial charge in [-0.25, -0.2) is 0 Å². The van der Waals surface area contributed by atoms with Gasteiger partial charge in [-0.15, -0.1) is 0 Å². The van der Waals surface area contributed by atoms with Crippen LogP contribution in [0.2, 0.25) is 0 Å². The normalized spacial score (nSPS) is 26.8. The summed E-state index contributed by atoms with van der Waals surface area (Å²) in [4.78, 5) is 35.0. The van der Waals surface area contributed by atoms with Crippen molar-refractivity contribution in [2.75, 3.05) is 32.8 Å². The zero-order chi connectivity index (χ0) is 26.1. The van der Waals surface area contributed by atoms with Crippen molar-refractivity contribution in [1.29, 1.82) is 0 Å². The van der Waals surface area contributed by atoms with E-state index >= 15 is 0 Å². The molecule has 0 bridgehead atoms. The molecule has 8 heteroatoms. The molecular weight excluding hydrogens is 470 g/mol. The minimum atomic E-state index is -1.15. The van der Waals surface area contributed by atoms with Crippen molar-refractivity contribution in [2.24, 2.45) is 11.3 Å². The zero-order valence-corrected chi connectivity index (χ0v) is 22.2. The molecule has 37 heavy (non-hydrogen) atoms. The van der Waals surface area contributed by atoms with Gasteiger partial charge in [0.1, 0.15) is 12.7 Å². The van der Waals surface area contributed by atoms with E-state index in [-0.39, 0.29) is 24.9 Å². The Morgan fingerprint density at radius 1 is 0.973 bits per heavy atom. The molecule has 0 radical (unpaired) electrons. The van der Waals surface area contributed by atoms with E-state index in [1.807, 2.05) is 23.1 Å². The summed E-state index contributed by atoms with van der Waals surface area (Å²) in [6.07, 6.45) is 10.2. The minimum absolute atomic E-state index is 0.147. The largest absolute Gasteiger partial charge is 0.462 e. The van der Waals surface area contributed by atoms with E-state index in [1.165, 1.54) is 25.7 Å². The van der Waals surface area contributed by atoms with Gasteiger partial charge in [0, 0.05) is 32.3 Å². The Bertz CT molecular complexity index is 852. The maximum Gasteiger partial charge on any atom is 0.312 e. The maximum atomic E-state index is 13.3. The summed E-state index contributed by atoms with van der Waals surface area (Å²) in [5, 5.41) is 21.0. The molecule has 3 heterocycles. The molecule has 1 aromatic heterocycles. The third-order valence-electron chi connectivity index (χ3n) is 8.81. The highest BCUT2D eigenvalue weighted by Gasteiger charge is 2.42. The van der Waals surface area contributed by atoms with Gasteiger partial charge in [-0.1, -0.05) is 38.2 Å². The summed E-state index contributed by atoms with van der Waals surface area (Å²) in [5.41, 5.74) is 0.433. The smallest absolute Gasteiger partial charge is 0.312 e. The lowest BCUT2D eigenvalue weighted by Gasteiger charge is -2.40. The number of likely N-dealkylation sites (tertiary alicyclic amines) is 1. The average Bonchev–Trinajstić information content (AvgIpc) is 3.44. The van der Waals surface area contributed by atoms with Gasteiger partial charge < -0.3 is 19.8 Å². The number of hydrogen-bond acceptors (Lipinski definition) is 7. The summed E-state index contributed by atoms with van der Waals surface area (Å²) in [7, 11) is 0. The molecule has 3 fully saturated rings. The first-order valence-corrected chi connectivity index (χ1v) is 14.4. The zero-order valence-electron chi connectivity index (χ0n) is 22.2. The number of esters is 1. The first-order valence-electron chi connectivity index (χ1n) is 14.4. The molecule has 8 nitrogen and oxygen atoms in total. The Morgan fingerprint density at radius 2 is 1.76 bits per heavy atom. The van der Waals surface area contributed by atoms with Crippen molar-refractivity contribution in [3.63, 3.8) is 0 Å². The van der Waals surface area contributed by atoms with Crippen molar-refractivity contribution in [3.8, 4) is 0 Å². The molecule has 0 aromatic carbocycles. The number of nitrogens with zero attached hydrogens (tertiary/aromatic N) is 3. The van der Waals surface area contributed by atoms with Gasteiger partial charge in [-0.05, 0) is 69.7 Å². The van der Waals surface area contributed by atoms with Gasteiger partial charge in [0.15, 0.2) is 0 Å². The first kappa shape index (κ1) is 28.0. The predicted octanol–water partition coefficient (Wildman–Crippen LogP) is 3.30. The van der Waals surface area contributed by atoms with E-state index < -0.39 is 17.6 Å². The Balaban J connectivity index is 1.36. The number of amides is 1. The highest BCUT2D eigenvalue weighted by atomic mass is 16.5. The fourth-order valence-electron chi connectivity index (χ4n) is 6.23. The Kier molecular flexibility index (Phi) is 10.3. The van der Waals surface area contributed by atoms with Crippen LogP contribution in [0.15, 0.2) is 24.4 Å². The van der Waals surface area contributed by atoms with Crippen LogP contribution in [0.4, 0.5) is 0 Å². The van der Waals surface area contributed by atoms with E-state index in [9.17, 15) is 19.8 Å². The summed E-state index contributed by atoms with van der Waals surface area (Å²) < 4.78 is 5.59. The van der Waals surface area contributed by atoms with Crippen LogP contribution < -0.4 is 0 Å². The summed E-state index contributed by atoms with van der Waals surface area (Å²) >= 11 is 0. The highest BCUT2D eigenvalue weighted by Crippen LogP contribution is 2.39. The van der Waals surface area contributed by atoms with Gasteiger partial charge in [0.25, 0.3) is 0 Å². The number of carbonyl (C=O) groups is 2. The number of cyclic esters (lactones) is 1. The standard InChI is InChI=1S/C29H45N3O5/c33-25-12-18-32(27(35)11-10-23-7-1-2-8-23)17-6-4-13-29(28(36)37-22-26(25)34)14-19-31(20-15-29)21-24-9-3-5-16-30-24/h3,5,9,16,23,25-26,33-34H,1-2,4,6-8,10-15,17-22H2/t25-,26+/m0/s1. The lowest BCUT2D eigenvalue weighted by molar-refractivity contribution is -0.165. The second-order valence-electron chi connectivity index (χ2n) is 11.4. The molecule has 2 atom stereocenters. The average molecular weight is 516 g/mol. The van der Waals surface area contributed by atoms with Crippen molar-refractivity contribution in [3.05, 3.63) is 30.1 Å². The van der Waals surface area contributed by atoms with Gasteiger partial charge >= 0.3 is 5.97 Å². The molecule has 1 amide bonds. The topological polar surface area (TPSA) is 103 Å².